The molecule has 1 aromatic carbocycles. The molecule has 4 nitrogen and oxygen atoms in total. The molecular formula is C15H14BrN3O. The summed E-state index contributed by atoms with van der Waals surface area (Å²) in [6, 6.07) is 11.5. The SMILES string of the molecule is N#Cc1cc(COc2ccc(CCN)cc2Br)ccn1. The van der Waals surface area contributed by atoms with Crippen molar-refractivity contribution in [2.75, 3.05) is 6.54 Å². The van der Waals surface area contributed by atoms with E-state index in [0.29, 0.717) is 18.8 Å². The highest BCUT2D eigenvalue weighted by molar-refractivity contribution is 9.10. The monoisotopic (exact) mass is 331 g/mol. The minimum Gasteiger partial charge on any atom is -0.488 e. The molecular weight excluding hydrogens is 318 g/mol. The van der Waals surface area contributed by atoms with Crippen molar-refractivity contribution in [3.05, 3.63) is 57.8 Å². The maximum absolute atomic E-state index is 8.80. The molecule has 20 heavy (non-hydrogen) atoms. The molecule has 1 heterocycles. The molecule has 2 N–H and O–H groups in total. The van der Waals surface area contributed by atoms with Crippen LogP contribution in [-0.2, 0) is 13.0 Å². The van der Waals surface area contributed by atoms with Crippen molar-refractivity contribution in [1.82, 2.24) is 4.98 Å². The molecule has 0 saturated carbocycles. The standard InChI is InChI=1S/C15H14BrN3O/c16-14-8-11(3-5-17)1-2-15(14)20-10-12-4-6-19-13(7-12)9-18/h1-2,4,6-8H,3,5,10,17H2. The second kappa shape index (κ2) is 7.04. The summed E-state index contributed by atoms with van der Waals surface area (Å²) in [5, 5.41) is 8.80. The summed E-state index contributed by atoms with van der Waals surface area (Å²) in [5.41, 5.74) is 8.00. The summed E-state index contributed by atoms with van der Waals surface area (Å²) < 4.78 is 6.64. The fourth-order valence-corrected chi connectivity index (χ4v) is 2.31. The molecule has 0 unspecified atom stereocenters. The Hall–Kier alpha value is -1.90. The number of nitrogens with two attached hydrogens (primary N) is 1. The summed E-state index contributed by atoms with van der Waals surface area (Å²) in [6.45, 7) is 1.02. The first kappa shape index (κ1) is 14.5. The van der Waals surface area contributed by atoms with Crippen LogP contribution in [0.1, 0.15) is 16.8 Å². The average Bonchev–Trinajstić information content (AvgIpc) is 2.47. The minimum absolute atomic E-state index is 0.392. The summed E-state index contributed by atoms with van der Waals surface area (Å²) in [5.74, 6) is 0.765. The van der Waals surface area contributed by atoms with Crippen LogP contribution in [0.2, 0.25) is 0 Å². The number of nitrogens with zero attached hydrogens (tertiary/aromatic N) is 2. The van der Waals surface area contributed by atoms with Crippen LogP contribution in [0.5, 0.6) is 5.75 Å². The molecule has 1 aromatic heterocycles. The first-order valence-electron chi connectivity index (χ1n) is 6.19. The molecule has 0 aliphatic rings. The number of benzene rings is 1. The molecule has 0 spiro atoms. The number of hydrogen-bond acceptors (Lipinski definition) is 4. The van der Waals surface area contributed by atoms with Crippen molar-refractivity contribution < 1.29 is 4.74 Å². The van der Waals surface area contributed by atoms with Gasteiger partial charge in [0.05, 0.1) is 4.47 Å². The van der Waals surface area contributed by atoms with E-state index in [1.54, 1.807) is 12.3 Å². The van der Waals surface area contributed by atoms with E-state index in [1.165, 1.54) is 5.56 Å². The van der Waals surface area contributed by atoms with E-state index >= 15 is 0 Å². The molecule has 0 radical (unpaired) electrons. The van der Waals surface area contributed by atoms with E-state index in [1.807, 2.05) is 30.3 Å². The maximum atomic E-state index is 8.80. The quantitative estimate of drug-likeness (QED) is 0.914. The first-order chi connectivity index (χ1) is 9.72. The van der Waals surface area contributed by atoms with Crippen molar-refractivity contribution in [3.63, 3.8) is 0 Å². The number of hydrogen-bond donors (Lipinski definition) is 1. The smallest absolute Gasteiger partial charge is 0.140 e. The van der Waals surface area contributed by atoms with Crippen molar-refractivity contribution in [2.45, 2.75) is 13.0 Å². The highest BCUT2D eigenvalue weighted by Crippen LogP contribution is 2.27. The van der Waals surface area contributed by atoms with E-state index in [2.05, 4.69) is 20.9 Å². The molecule has 2 rings (SSSR count). The van der Waals surface area contributed by atoms with Crippen LogP contribution in [0.3, 0.4) is 0 Å². The Morgan fingerprint density at radius 3 is 2.80 bits per heavy atom. The summed E-state index contributed by atoms with van der Waals surface area (Å²) in [4.78, 5) is 3.92. The van der Waals surface area contributed by atoms with E-state index in [0.717, 1.165) is 22.2 Å². The van der Waals surface area contributed by atoms with Crippen LogP contribution in [0.25, 0.3) is 0 Å². The zero-order valence-electron chi connectivity index (χ0n) is 10.8. The fourth-order valence-electron chi connectivity index (χ4n) is 1.77. The maximum Gasteiger partial charge on any atom is 0.140 e. The van der Waals surface area contributed by atoms with E-state index in [4.69, 9.17) is 15.7 Å². The Bertz CT molecular complexity index is 637. The van der Waals surface area contributed by atoms with Crippen LogP contribution >= 0.6 is 15.9 Å². The van der Waals surface area contributed by atoms with E-state index in [-0.39, 0.29) is 0 Å². The topological polar surface area (TPSA) is 71.9 Å². The van der Waals surface area contributed by atoms with Gasteiger partial charge in [0.1, 0.15) is 24.1 Å². The van der Waals surface area contributed by atoms with Gasteiger partial charge in [-0.2, -0.15) is 5.26 Å². The van der Waals surface area contributed by atoms with E-state index < -0.39 is 0 Å². The van der Waals surface area contributed by atoms with Gasteiger partial charge in [-0.15, -0.1) is 0 Å². The van der Waals surface area contributed by atoms with Gasteiger partial charge >= 0.3 is 0 Å². The Labute approximate surface area is 126 Å². The Morgan fingerprint density at radius 1 is 1.25 bits per heavy atom. The molecule has 0 bridgehead atoms. The molecule has 2 aromatic rings. The summed E-state index contributed by atoms with van der Waals surface area (Å²) >= 11 is 3.49. The molecule has 5 heteroatoms. The fraction of sp³-hybridized carbons (Fsp3) is 0.200. The molecule has 0 amide bonds. The lowest BCUT2D eigenvalue weighted by Gasteiger charge is -2.09. The highest BCUT2D eigenvalue weighted by Gasteiger charge is 2.04. The number of aromatic nitrogens is 1. The Morgan fingerprint density at radius 2 is 2.10 bits per heavy atom. The number of rotatable bonds is 5. The van der Waals surface area contributed by atoms with Gasteiger partial charge in [-0.1, -0.05) is 6.07 Å². The number of nitriles is 1. The van der Waals surface area contributed by atoms with Gasteiger partial charge in [-0.05, 0) is 64.3 Å². The molecule has 102 valence electrons. The average molecular weight is 332 g/mol. The molecule has 0 aliphatic heterocycles. The van der Waals surface area contributed by atoms with E-state index in [9.17, 15) is 0 Å². The van der Waals surface area contributed by atoms with Crippen molar-refractivity contribution in [3.8, 4) is 11.8 Å². The molecule has 0 aliphatic carbocycles. The third-order valence-corrected chi connectivity index (χ3v) is 3.38. The predicted octanol–water partition coefficient (Wildman–Crippen LogP) is 2.80. The summed E-state index contributed by atoms with van der Waals surface area (Å²) in [6.07, 6.45) is 2.45. The van der Waals surface area contributed by atoms with Gasteiger partial charge in [0.15, 0.2) is 0 Å². The molecule has 0 fully saturated rings. The number of halogens is 1. The third kappa shape index (κ3) is 3.80. The second-order valence-electron chi connectivity index (χ2n) is 4.25. The lowest BCUT2D eigenvalue weighted by Crippen LogP contribution is -2.03. The summed E-state index contributed by atoms with van der Waals surface area (Å²) in [7, 11) is 0. The van der Waals surface area contributed by atoms with Crippen LogP contribution in [0.15, 0.2) is 41.0 Å². The highest BCUT2D eigenvalue weighted by atomic mass is 79.9. The van der Waals surface area contributed by atoms with Crippen molar-refractivity contribution in [1.29, 1.82) is 5.26 Å². The first-order valence-corrected chi connectivity index (χ1v) is 6.98. The third-order valence-electron chi connectivity index (χ3n) is 2.76. The minimum atomic E-state index is 0.392. The second-order valence-corrected chi connectivity index (χ2v) is 5.11. The molecule has 0 atom stereocenters. The van der Waals surface area contributed by atoms with Crippen LogP contribution in [0, 0.1) is 11.3 Å². The van der Waals surface area contributed by atoms with Gasteiger partial charge in [-0.25, -0.2) is 4.98 Å². The number of ether oxygens (including phenoxy) is 1. The van der Waals surface area contributed by atoms with Gasteiger partial charge < -0.3 is 10.5 Å². The zero-order valence-corrected chi connectivity index (χ0v) is 12.4. The van der Waals surface area contributed by atoms with Gasteiger partial charge in [0, 0.05) is 6.20 Å². The van der Waals surface area contributed by atoms with Gasteiger partial charge in [-0.3, -0.25) is 0 Å². The molecule has 0 saturated heterocycles. The Kier molecular flexibility index (Phi) is 5.10. The van der Waals surface area contributed by atoms with Crippen LogP contribution in [-0.4, -0.2) is 11.5 Å². The Balaban J connectivity index is 2.05. The zero-order chi connectivity index (χ0) is 14.4. The normalized spacial score (nSPS) is 10.1. The van der Waals surface area contributed by atoms with Crippen LogP contribution in [0.4, 0.5) is 0 Å². The van der Waals surface area contributed by atoms with Crippen LogP contribution < -0.4 is 10.5 Å². The van der Waals surface area contributed by atoms with Gasteiger partial charge in [0.2, 0.25) is 0 Å². The van der Waals surface area contributed by atoms with Crippen molar-refractivity contribution >= 4 is 15.9 Å². The largest absolute Gasteiger partial charge is 0.488 e. The number of pyridine rings is 1. The van der Waals surface area contributed by atoms with Gasteiger partial charge in [0.25, 0.3) is 0 Å². The van der Waals surface area contributed by atoms with Crippen molar-refractivity contribution in [2.24, 2.45) is 5.73 Å². The lowest BCUT2D eigenvalue weighted by molar-refractivity contribution is 0.304. The lowest BCUT2D eigenvalue weighted by atomic mass is 10.1. The predicted molar refractivity (Wildman–Crippen MR) is 80.2 cm³/mol.